The summed E-state index contributed by atoms with van der Waals surface area (Å²) in [6.07, 6.45) is 6.72. The van der Waals surface area contributed by atoms with E-state index in [1.165, 1.54) is 0 Å². The van der Waals surface area contributed by atoms with Gasteiger partial charge in [-0.15, -0.1) is 0 Å². The van der Waals surface area contributed by atoms with Gasteiger partial charge >= 0.3 is 0 Å². The number of likely N-dealkylation sites (tertiary alicyclic amines) is 2. The molecule has 0 aromatic heterocycles. The first-order valence-electron chi connectivity index (χ1n) is 17.3. The minimum absolute atomic E-state index is 0.0285. The molecule has 0 radical (unpaired) electrons. The van der Waals surface area contributed by atoms with Crippen molar-refractivity contribution in [2.24, 2.45) is 11.8 Å². The van der Waals surface area contributed by atoms with Crippen molar-refractivity contribution >= 4 is 23.4 Å². The van der Waals surface area contributed by atoms with Gasteiger partial charge in [-0.05, 0) is 92.1 Å². The lowest BCUT2D eigenvalue weighted by atomic mass is 9.81. The first-order chi connectivity index (χ1) is 23.4. The van der Waals surface area contributed by atoms with Crippen LogP contribution in [0.4, 0.5) is 5.69 Å². The van der Waals surface area contributed by atoms with E-state index in [0.29, 0.717) is 48.4 Å². The van der Waals surface area contributed by atoms with E-state index >= 15 is 0 Å². The maximum atomic E-state index is 14.5. The van der Waals surface area contributed by atoms with Crippen molar-refractivity contribution in [2.75, 3.05) is 45.9 Å². The van der Waals surface area contributed by atoms with Gasteiger partial charge in [-0.25, -0.2) is 0 Å². The second kappa shape index (κ2) is 15.1. The normalized spacial score (nSPS) is 22.2. The number of carbonyl (C=O) groups is 3. The molecule has 3 unspecified atom stereocenters. The fraction of sp³-hybridized carbons (Fsp3) is 0.462. The summed E-state index contributed by atoms with van der Waals surface area (Å²) in [6, 6.07) is 22.3. The first kappa shape index (κ1) is 33.4. The molecule has 9 heteroatoms. The van der Waals surface area contributed by atoms with Crippen LogP contribution >= 0.6 is 0 Å². The van der Waals surface area contributed by atoms with Gasteiger partial charge in [-0.2, -0.15) is 0 Å². The summed E-state index contributed by atoms with van der Waals surface area (Å²) in [4.78, 5) is 47.8. The van der Waals surface area contributed by atoms with Crippen molar-refractivity contribution in [1.82, 2.24) is 9.80 Å². The molecule has 0 N–H and O–H groups in total. The maximum Gasteiger partial charge on any atom is 0.254 e. The fourth-order valence-corrected chi connectivity index (χ4v) is 7.98. The van der Waals surface area contributed by atoms with E-state index in [1.54, 1.807) is 26.2 Å². The van der Waals surface area contributed by atoms with E-state index in [4.69, 9.17) is 14.2 Å². The summed E-state index contributed by atoms with van der Waals surface area (Å²) < 4.78 is 16.5. The number of anilines is 1. The average Bonchev–Trinajstić information content (AvgIpc) is 3.40. The molecular weight excluding hydrogens is 606 g/mol. The number of rotatable bonds is 8. The number of hydrogen-bond donors (Lipinski definition) is 0. The van der Waals surface area contributed by atoms with Gasteiger partial charge in [-0.1, -0.05) is 37.1 Å². The number of hydrogen-bond acceptors (Lipinski definition) is 6. The van der Waals surface area contributed by atoms with Crippen LogP contribution < -0.4 is 19.1 Å². The molecule has 0 bridgehead atoms. The fourth-order valence-electron chi connectivity index (χ4n) is 7.98. The van der Waals surface area contributed by atoms with Crippen molar-refractivity contribution in [3.8, 4) is 17.2 Å². The van der Waals surface area contributed by atoms with Crippen molar-refractivity contribution in [3.05, 3.63) is 83.9 Å². The maximum absolute atomic E-state index is 14.5. The topological polar surface area (TPSA) is 88.6 Å². The Kier molecular flexibility index (Phi) is 10.5. The number of piperidine rings is 2. The molecular formula is C39H47N3O6. The predicted octanol–water partition coefficient (Wildman–Crippen LogP) is 6.52. The Morgan fingerprint density at radius 2 is 1.46 bits per heavy atom. The van der Waals surface area contributed by atoms with Crippen molar-refractivity contribution in [1.29, 1.82) is 0 Å². The van der Waals surface area contributed by atoms with Crippen molar-refractivity contribution < 1.29 is 28.6 Å². The number of nitrogens with zero attached hydrogens (tertiary/aromatic N) is 3. The average molecular weight is 654 g/mol. The van der Waals surface area contributed by atoms with Crippen LogP contribution in [0.1, 0.15) is 73.3 Å². The lowest BCUT2D eigenvalue weighted by Gasteiger charge is -2.45. The van der Waals surface area contributed by atoms with Gasteiger partial charge in [0, 0.05) is 43.3 Å². The first-order valence-corrected chi connectivity index (χ1v) is 17.3. The Balaban J connectivity index is 1.24. The largest absolute Gasteiger partial charge is 0.497 e. The molecule has 3 aromatic carbocycles. The summed E-state index contributed by atoms with van der Waals surface area (Å²) >= 11 is 0. The predicted molar refractivity (Wildman–Crippen MR) is 185 cm³/mol. The second-order valence-electron chi connectivity index (χ2n) is 13.1. The van der Waals surface area contributed by atoms with E-state index in [2.05, 4.69) is 4.90 Å². The number of benzene rings is 3. The van der Waals surface area contributed by atoms with Crippen LogP contribution in [-0.4, -0.2) is 74.5 Å². The molecule has 0 saturated carbocycles. The molecule has 3 aromatic rings. The molecule has 3 heterocycles. The molecule has 0 spiro atoms. The third-order valence-corrected chi connectivity index (χ3v) is 10.5. The summed E-state index contributed by atoms with van der Waals surface area (Å²) in [5.41, 5.74) is 2.28. The van der Waals surface area contributed by atoms with Crippen LogP contribution in [0.25, 0.3) is 0 Å². The van der Waals surface area contributed by atoms with Crippen LogP contribution in [0.2, 0.25) is 0 Å². The molecule has 3 atom stereocenters. The summed E-state index contributed by atoms with van der Waals surface area (Å²) in [5, 5.41) is 0. The van der Waals surface area contributed by atoms with E-state index in [9.17, 15) is 14.4 Å². The van der Waals surface area contributed by atoms with Gasteiger partial charge in [0.05, 0.1) is 33.3 Å². The lowest BCUT2D eigenvalue weighted by Crippen LogP contribution is -2.52. The Hall–Kier alpha value is -4.53. The lowest BCUT2D eigenvalue weighted by molar-refractivity contribution is -0.140. The highest BCUT2D eigenvalue weighted by Gasteiger charge is 2.44. The highest BCUT2D eigenvalue weighted by Crippen LogP contribution is 2.44. The number of methoxy groups -OCH3 is 3. The molecule has 48 heavy (non-hydrogen) atoms. The van der Waals surface area contributed by atoms with Crippen LogP contribution in [0.5, 0.6) is 17.2 Å². The zero-order valence-corrected chi connectivity index (χ0v) is 28.3. The highest BCUT2D eigenvalue weighted by atomic mass is 16.5. The van der Waals surface area contributed by atoms with E-state index < -0.39 is 12.0 Å². The van der Waals surface area contributed by atoms with E-state index in [1.807, 2.05) is 77.7 Å². The van der Waals surface area contributed by atoms with Gasteiger partial charge in [0.15, 0.2) is 11.5 Å². The van der Waals surface area contributed by atoms with Gasteiger partial charge < -0.3 is 28.9 Å². The molecule has 254 valence electrons. The molecule has 9 nitrogen and oxygen atoms in total. The molecule has 3 fully saturated rings. The minimum Gasteiger partial charge on any atom is -0.497 e. The summed E-state index contributed by atoms with van der Waals surface area (Å²) in [5.74, 6) is 1.88. The monoisotopic (exact) mass is 653 g/mol. The smallest absolute Gasteiger partial charge is 0.254 e. The van der Waals surface area contributed by atoms with Crippen LogP contribution in [0, 0.1) is 11.8 Å². The zero-order chi connectivity index (χ0) is 33.6. The van der Waals surface area contributed by atoms with E-state index in [0.717, 1.165) is 56.2 Å². The van der Waals surface area contributed by atoms with Crippen molar-refractivity contribution in [2.45, 2.75) is 63.5 Å². The zero-order valence-electron chi connectivity index (χ0n) is 28.3. The van der Waals surface area contributed by atoms with Gasteiger partial charge in [0.2, 0.25) is 11.8 Å². The molecule has 6 rings (SSSR count). The Morgan fingerprint density at radius 1 is 0.729 bits per heavy atom. The molecule has 3 amide bonds. The van der Waals surface area contributed by atoms with E-state index in [-0.39, 0.29) is 30.2 Å². The van der Waals surface area contributed by atoms with Gasteiger partial charge in [0.25, 0.3) is 5.91 Å². The second-order valence-corrected chi connectivity index (χ2v) is 13.1. The van der Waals surface area contributed by atoms with Crippen LogP contribution in [0.3, 0.4) is 0 Å². The van der Waals surface area contributed by atoms with Gasteiger partial charge in [0.1, 0.15) is 5.75 Å². The Morgan fingerprint density at radius 3 is 2.15 bits per heavy atom. The molecule has 3 saturated heterocycles. The van der Waals surface area contributed by atoms with Crippen LogP contribution in [0.15, 0.2) is 72.8 Å². The Labute approximate surface area is 283 Å². The minimum atomic E-state index is -0.523. The van der Waals surface area contributed by atoms with Crippen LogP contribution in [-0.2, 0) is 9.59 Å². The molecule has 3 aliphatic heterocycles. The van der Waals surface area contributed by atoms with Gasteiger partial charge in [-0.3, -0.25) is 14.4 Å². The van der Waals surface area contributed by atoms with Crippen molar-refractivity contribution in [3.63, 3.8) is 0 Å². The summed E-state index contributed by atoms with van der Waals surface area (Å²) in [7, 11) is 4.79. The SMILES string of the molecule is COc1ccc(N2C(=O)CCC(C(=O)N3CCC(C4CCCCCN4C(=O)c4ccccc4)CC3)C2c2ccc(OC)c(OC)c2)cc1. The molecule has 0 aliphatic carbocycles. The Bertz CT molecular complexity index is 1570. The molecule has 3 aliphatic rings. The number of carbonyl (C=O) groups excluding carboxylic acids is 3. The third-order valence-electron chi connectivity index (χ3n) is 10.5. The third kappa shape index (κ3) is 6.86. The summed E-state index contributed by atoms with van der Waals surface area (Å²) in [6.45, 7) is 2.06. The number of amides is 3. The number of ether oxygens (including phenoxy) is 3. The highest BCUT2D eigenvalue weighted by molar-refractivity contribution is 5.97. The quantitative estimate of drug-likeness (QED) is 0.275. The standard InChI is InChI=1S/C39H47N3O6/c1-46-31-16-14-30(15-17-31)42-36(43)20-18-32(37(42)29-13-19-34(47-2)35(26-29)48-3)39(45)40-24-21-27(22-25-40)33-12-8-5-9-23-41(33)38(44)28-10-6-4-7-11-28/h4,6-7,10-11,13-17,19,26-27,32-33,37H,5,8-9,12,18,20-25H2,1-3H3.